The van der Waals surface area contributed by atoms with Crippen molar-refractivity contribution in [3.05, 3.63) is 29.3 Å². The monoisotopic (exact) mass is 279 g/mol. The number of hydrogen-bond acceptors (Lipinski definition) is 2. The molecule has 18 heavy (non-hydrogen) atoms. The minimum atomic E-state index is -1.55. The summed E-state index contributed by atoms with van der Waals surface area (Å²) in [7, 11) is 0. The van der Waals surface area contributed by atoms with E-state index in [1.807, 2.05) is 0 Å². The second-order valence-corrected chi connectivity index (χ2v) is 4.44. The molecule has 0 bridgehead atoms. The van der Waals surface area contributed by atoms with Crippen LogP contribution in [-0.2, 0) is 4.79 Å². The number of benzene rings is 1. The maximum absolute atomic E-state index is 13.5. The Morgan fingerprint density at radius 3 is 2.22 bits per heavy atom. The van der Waals surface area contributed by atoms with E-state index in [0.717, 1.165) is 4.90 Å². The molecule has 1 aliphatic rings. The first-order chi connectivity index (χ1) is 8.45. The molecule has 1 amide bonds. The minimum absolute atomic E-state index is 0.000926. The molecule has 2 rings (SSSR count). The summed E-state index contributed by atoms with van der Waals surface area (Å²) >= 11 is 3.99. The molecule has 0 aliphatic carbocycles. The lowest BCUT2D eigenvalue weighted by molar-refractivity contribution is -0.117. The fourth-order valence-electron chi connectivity index (χ4n) is 1.92. The van der Waals surface area contributed by atoms with Crippen molar-refractivity contribution in [1.29, 1.82) is 0 Å². The van der Waals surface area contributed by atoms with Gasteiger partial charge in [-0.1, -0.05) is 0 Å². The van der Waals surface area contributed by atoms with E-state index in [1.165, 1.54) is 0 Å². The van der Waals surface area contributed by atoms with E-state index in [2.05, 4.69) is 12.6 Å². The van der Waals surface area contributed by atoms with Crippen molar-refractivity contribution in [2.45, 2.75) is 6.42 Å². The molecular formula is C11H9F4NOS. The molecule has 0 saturated carbocycles. The van der Waals surface area contributed by atoms with Gasteiger partial charge >= 0.3 is 0 Å². The molecule has 1 heterocycles. The van der Waals surface area contributed by atoms with Crippen LogP contribution in [-0.4, -0.2) is 18.2 Å². The highest BCUT2D eigenvalue weighted by Gasteiger charge is 2.35. The van der Waals surface area contributed by atoms with Gasteiger partial charge in [0, 0.05) is 19.0 Å². The number of carbonyl (C=O) groups is 1. The van der Waals surface area contributed by atoms with E-state index in [1.54, 1.807) is 0 Å². The molecule has 1 aromatic rings. The van der Waals surface area contributed by atoms with Crippen LogP contribution in [0, 0.1) is 29.2 Å². The van der Waals surface area contributed by atoms with Gasteiger partial charge in [0.2, 0.25) is 5.91 Å². The zero-order valence-corrected chi connectivity index (χ0v) is 9.98. The molecule has 1 aliphatic heterocycles. The summed E-state index contributed by atoms with van der Waals surface area (Å²) in [5.41, 5.74) is -0.957. The Kier molecular flexibility index (Phi) is 3.52. The van der Waals surface area contributed by atoms with Crippen LogP contribution >= 0.6 is 12.6 Å². The fraction of sp³-hybridized carbons (Fsp3) is 0.364. The standard InChI is InChI=1S/C11H9F4NOS/c12-6-2-7(13)10(15)11(9(6)14)16-3-5(4-18)1-8(16)17/h2,5,18H,1,3-4H2. The maximum atomic E-state index is 13.5. The van der Waals surface area contributed by atoms with Gasteiger partial charge in [-0.15, -0.1) is 0 Å². The van der Waals surface area contributed by atoms with Crippen molar-refractivity contribution >= 4 is 24.2 Å². The summed E-state index contributed by atoms with van der Waals surface area (Å²) in [6.45, 7) is -0.000926. The topological polar surface area (TPSA) is 20.3 Å². The first kappa shape index (κ1) is 13.2. The average molecular weight is 279 g/mol. The Hall–Kier alpha value is -1.24. The fourth-order valence-corrected chi connectivity index (χ4v) is 2.16. The normalized spacial score (nSPS) is 19.7. The van der Waals surface area contributed by atoms with E-state index >= 15 is 0 Å². The number of amides is 1. The summed E-state index contributed by atoms with van der Waals surface area (Å²) < 4.78 is 53.1. The zero-order chi connectivity index (χ0) is 13.4. The van der Waals surface area contributed by atoms with Crippen LogP contribution in [0.4, 0.5) is 23.2 Å². The third-order valence-corrected chi connectivity index (χ3v) is 3.34. The van der Waals surface area contributed by atoms with Gasteiger partial charge < -0.3 is 4.90 Å². The second kappa shape index (κ2) is 4.79. The van der Waals surface area contributed by atoms with Crippen molar-refractivity contribution in [3.8, 4) is 0 Å². The van der Waals surface area contributed by atoms with Crippen LogP contribution in [0.25, 0.3) is 0 Å². The van der Waals surface area contributed by atoms with Gasteiger partial charge in [0.1, 0.15) is 5.69 Å². The van der Waals surface area contributed by atoms with Gasteiger partial charge in [0.25, 0.3) is 0 Å². The Morgan fingerprint density at radius 2 is 1.78 bits per heavy atom. The van der Waals surface area contributed by atoms with E-state index < -0.39 is 34.9 Å². The summed E-state index contributed by atoms with van der Waals surface area (Å²) in [4.78, 5) is 12.3. The van der Waals surface area contributed by atoms with E-state index in [-0.39, 0.29) is 24.9 Å². The highest BCUT2D eigenvalue weighted by Crippen LogP contribution is 2.32. The Labute approximate surface area is 106 Å². The number of rotatable bonds is 2. The quantitative estimate of drug-likeness (QED) is 0.501. The highest BCUT2D eigenvalue weighted by atomic mass is 32.1. The van der Waals surface area contributed by atoms with Crippen molar-refractivity contribution in [3.63, 3.8) is 0 Å². The van der Waals surface area contributed by atoms with Crippen molar-refractivity contribution in [2.24, 2.45) is 5.92 Å². The van der Waals surface area contributed by atoms with Crippen LogP contribution in [0.3, 0.4) is 0 Å². The summed E-state index contributed by atoms with van der Waals surface area (Å²) in [5, 5.41) is 0. The molecule has 2 nitrogen and oxygen atoms in total. The van der Waals surface area contributed by atoms with Gasteiger partial charge in [0.15, 0.2) is 23.3 Å². The summed E-state index contributed by atoms with van der Waals surface area (Å²) in [6, 6.07) is 0.116. The molecule has 0 N–H and O–H groups in total. The average Bonchev–Trinajstić information content (AvgIpc) is 2.69. The SMILES string of the molecule is O=C1CC(CS)CN1c1c(F)c(F)cc(F)c1F. The molecule has 1 saturated heterocycles. The molecule has 1 unspecified atom stereocenters. The van der Waals surface area contributed by atoms with Crippen molar-refractivity contribution < 1.29 is 22.4 Å². The molecule has 0 radical (unpaired) electrons. The third-order valence-electron chi connectivity index (χ3n) is 2.82. The van der Waals surface area contributed by atoms with Gasteiger partial charge in [-0.05, 0) is 11.7 Å². The van der Waals surface area contributed by atoms with Crippen molar-refractivity contribution in [2.75, 3.05) is 17.2 Å². The molecule has 98 valence electrons. The number of anilines is 1. The van der Waals surface area contributed by atoms with Gasteiger partial charge in [-0.3, -0.25) is 4.79 Å². The molecule has 7 heteroatoms. The zero-order valence-electron chi connectivity index (χ0n) is 9.09. The Bertz CT molecular complexity index is 482. The van der Waals surface area contributed by atoms with Crippen molar-refractivity contribution in [1.82, 2.24) is 0 Å². The number of nitrogens with zero attached hydrogens (tertiary/aromatic N) is 1. The van der Waals surface area contributed by atoms with Gasteiger partial charge in [0.05, 0.1) is 0 Å². The van der Waals surface area contributed by atoms with Crippen LogP contribution in [0.5, 0.6) is 0 Å². The number of halogens is 4. The van der Waals surface area contributed by atoms with Crippen LogP contribution in [0.2, 0.25) is 0 Å². The summed E-state index contributed by atoms with van der Waals surface area (Å²) in [5.74, 6) is -6.56. The van der Waals surface area contributed by atoms with Crippen LogP contribution in [0.15, 0.2) is 6.07 Å². The van der Waals surface area contributed by atoms with E-state index in [0.29, 0.717) is 5.75 Å². The van der Waals surface area contributed by atoms with Gasteiger partial charge in [-0.25, -0.2) is 17.6 Å². The predicted octanol–water partition coefficient (Wildman–Crippen LogP) is 2.53. The smallest absolute Gasteiger partial charge is 0.227 e. The molecule has 1 fully saturated rings. The minimum Gasteiger partial charge on any atom is -0.307 e. The maximum Gasteiger partial charge on any atom is 0.227 e. The van der Waals surface area contributed by atoms with E-state index in [4.69, 9.17) is 0 Å². The first-order valence-electron chi connectivity index (χ1n) is 5.20. The van der Waals surface area contributed by atoms with Crippen LogP contribution < -0.4 is 4.90 Å². The predicted molar refractivity (Wildman–Crippen MR) is 60.6 cm³/mol. The Balaban J connectivity index is 2.48. The lowest BCUT2D eigenvalue weighted by Crippen LogP contribution is -2.27. The lowest BCUT2D eigenvalue weighted by atomic mass is 10.1. The molecule has 1 aromatic carbocycles. The number of thiol groups is 1. The first-order valence-corrected chi connectivity index (χ1v) is 5.83. The van der Waals surface area contributed by atoms with Gasteiger partial charge in [-0.2, -0.15) is 12.6 Å². The largest absolute Gasteiger partial charge is 0.307 e. The number of carbonyl (C=O) groups excluding carboxylic acids is 1. The van der Waals surface area contributed by atoms with E-state index in [9.17, 15) is 22.4 Å². The Morgan fingerprint density at radius 1 is 1.22 bits per heavy atom. The number of hydrogen-bond donors (Lipinski definition) is 1. The third kappa shape index (κ3) is 2.07. The molecular weight excluding hydrogens is 270 g/mol. The molecule has 1 atom stereocenters. The molecule has 0 spiro atoms. The summed E-state index contributed by atoms with van der Waals surface area (Å²) in [6.07, 6.45) is 0.0561. The highest BCUT2D eigenvalue weighted by molar-refractivity contribution is 7.80. The lowest BCUT2D eigenvalue weighted by Gasteiger charge is -2.18. The van der Waals surface area contributed by atoms with Crippen LogP contribution in [0.1, 0.15) is 6.42 Å². The second-order valence-electron chi connectivity index (χ2n) is 4.07. The molecule has 0 aromatic heterocycles.